The van der Waals surface area contributed by atoms with Crippen LogP contribution >= 0.6 is 0 Å². The van der Waals surface area contributed by atoms with Crippen molar-refractivity contribution in [2.45, 2.75) is 289 Å². The number of hydrogen-bond acceptors (Lipinski definition) is 4. The molecule has 56 heavy (non-hydrogen) atoms. The van der Waals surface area contributed by atoms with E-state index in [2.05, 4.69) is 43.5 Å². The second-order valence-electron chi connectivity index (χ2n) is 17.4. The molecule has 0 aromatic carbocycles. The smallest absolute Gasteiger partial charge is 0.222 e. The van der Waals surface area contributed by atoms with E-state index in [1.807, 2.05) is 0 Å². The van der Waals surface area contributed by atoms with Gasteiger partial charge in [-0.15, -0.1) is 0 Å². The minimum atomic E-state index is -0.749. The number of allylic oxidation sites excluding steroid dienone is 4. The fourth-order valence-corrected chi connectivity index (χ4v) is 7.91. The second-order valence-corrected chi connectivity index (χ2v) is 17.4. The van der Waals surface area contributed by atoms with Crippen molar-refractivity contribution in [2.24, 2.45) is 0 Å². The van der Waals surface area contributed by atoms with Gasteiger partial charge in [0.25, 0.3) is 0 Å². The Labute approximate surface area is 350 Å². The lowest BCUT2D eigenvalue weighted by Gasteiger charge is -2.23. The molecule has 0 aliphatic rings. The van der Waals surface area contributed by atoms with E-state index < -0.39 is 18.2 Å². The quantitative estimate of drug-likeness (QED) is 0.0365. The molecule has 0 aliphatic carbocycles. The van der Waals surface area contributed by atoms with Crippen molar-refractivity contribution in [2.75, 3.05) is 6.61 Å². The molecule has 332 valence electrons. The monoisotopic (exact) mass is 790 g/mol. The van der Waals surface area contributed by atoms with E-state index in [0.29, 0.717) is 12.8 Å². The fourth-order valence-electron chi connectivity index (χ4n) is 7.91. The Balaban J connectivity index is 3.57. The van der Waals surface area contributed by atoms with Crippen LogP contribution in [0, 0.1) is 0 Å². The highest BCUT2D eigenvalue weighted by Gasteiger charge is 2.21. The summed E-state index contributed by atoms with van der Waals surface area (Å²) >= 11 is 0. The molecule has 0 heterocycles. The highest BCUT2D eigenvalue weighted by Crippen LogP contribution is 2.17. The number of aliphatic hydroxyl groups excluding tert-OH is 3. The third kappa shape index (κ3) is 42.4. The first-order valence-corrected chi connectivity index (χ1v) is 25.1. The van der Waals surface area contributed by atoms with Crippen LogP contribution in [0.15, 0.2) is 24.3 Å². The molecule has 5 heteroatoms. The lowest BCUT2D eigenvalue weighted by Crippen LogP contribution is -2.46. The van der Waals surface area contributed by atoms with Crippen molar-refractivity contribution in [1.82, 2.24) is 5.32 Å². The molecule has 0 spiro atoms. The van der Waals surface area contributed by atoms with Crippen LogP contribution in [-0.4, -0.2) is 46.1 Å². The summed E-state index contributed by atoms with van der Waals surface area (Å²) in [5.41, 5.74) is 0. The van der Waals surface area contributed by atoms with Crippen LogP contribution in [0.25, 0.3) is 0 Å². The molecule has 0 aliphatic heterocycles. The van der Waals surface area contributed by atoms with Crippen molar-refractivity contribution < 1.29 is 20.1 Å². The molecule has 0 bridgehead atoms. The minimum absolute atomic E-state index is 0.0353. The molecule has 1 amide bonds. The van der Waals surface area contributed by atoms with Gasteiger partial charge in [0.2, 0.25) is 5.91 Å². The van der Waals surface area contributed by atoms with E-state index in [-0.39, 0.29) is 18.9 Å². The van der Waals surface area contributed by atoms with Crippen LogP contribution < -0.4 is 5.32 Å². The first-order valence-electron chi connectivity index (χ1n) is 25.1. The molecule has 3 unspecified atom stereocenters. The van der Waals surface area contributed by atoms with Crippen molar-refractivity contribution >= 4 is 5.91 Å². The first-order chi connectivity index (χ1) is 27.5. The van der Waals surface area contributed by atoms with E-state index in [9.17, 15) is 20.1 Å². The Morgan fingerprint density at radius 2 is 0.768 bits per heavy atom. The SMILES string of the molecule is CCCCCCCCCCC/C=C\C/C=C\CCCCCCCCCCCC(O)CC(=O)NC(CO)C(O)CCCCCCCCCCCCCCCCCC. The predicted molar refractivity (Wildman–Crippen MR) is 245 cm³/mol. The highest BCUT2D eigenvalue weighted by atomic mass is 16.3. The largest absolute Gasteiger partial charge is 0.394 e. The molecule has 0 fully saturated rings. The molecule has 0 aromatic rings. The van der Waals surface area contributed by atoms with Crippen molar-refractivity contribution in [1.29, 1.82) is 0 Å². The molecule has 0 saturated carbocycles. The maximum absolute atomic E-state index is 12.5. The Morgan fingerprint density at radius 3 is 1.12 bits per heavy atom. The molecule has 5 nitrogen and oxygen atoms in total. The van der Waals surface area contributed by atoms with Crippen LogP contribution in [0.2, 0.25) is 0 Å². The van der Waals surface area contributed by atoms with Crippen molar-refractivity contribution in [3.8, 4) is 0 Å². The molecular weight excluding hydrogens is 691 g/mol. The van der Waals surface area contributed by atoms with E-state index in [1.54, 1.807) is 0 Å². The molecule has 0 aromatic heterocycles. The van der Waals surface area contributed by atoms with Crippen molar-refractivity contribution in [3.05, 3.63) is 24.3 Å². The zero-order valence-corrected chi connectivity index (χ0v) is 37.8. The standard InChI is InChI=1S/C51H99NO4/c1-3-5-7-9-11-13-15-17-19-21-22-23-24-25-26-27-28-29-30-32-34-36-38-40-42-44-48(54)46-51(56)52-49(47-53)50(55)45-43-41-39-37-35-33-31-20-18-16-14-12-10-8-6-4-2/h22-23,25-26,48-50,53-55H,3-21,24,27-47H2,1-2H3,(H,52,56)/b23-22-,26-25-. The van der Waals surface area contributed by atoms with Gasteiger partial charge >= 0.3 is 0 Å². The average Bonchev–Trinajstić information content (AvgIpc) is 3.19. The zero-order valence-electron chi connectivity index (χ0n) is 37.8. The molecule has 4 N–H and O–H groups in total. The van der Waals surface area contributed by atoms with Crippen LogP contribution in [0.1, 0.15) is 271 Å². The Kier molecular flexibility index (Phi) is 45.5. The Hall–Kier alpha value is -1.17. The van der Waals surface area contributed by atoms with E-state index >= 15 is 0 Å². The second kappa shape index (κ2) is 46.5. The summed E-state index contributed by atoms with van der Waals surface area (Å²) in [6.07, 6.45) is 57.3. The molecule has 0 radical (unpaired) electrons. The number of carbonyl (C=O) groups excluding carboxylic acids is 1. The lowest BCUT2D eigenvalue weighted by atomic mass is 10.0. The van der Waals surface area contributed by atoms with Gasteiger partial charge in [-0.3, -0.25) is 4.79 Å². The minimum Gasteiger partial charge on any atom is -0.394 e. The summed E-state index contributed by atoms with van der Waals surface area (Å²) in [5, 5.41) is 33.5. The fraction of sp³-hybridized carbons (Fsp3) is 0.902. The number of aliphatic hydroxyl groups is 3. The number of unbranched alkanes of at least 4 members (excludes halogenated alkanes) is 33. The van der Waals surface area contributed by atoms with Gasteiger partial charge in [-0.05, 0) is 44.9 Å². The number of hydrogen-bond donors (Lipinski definition) is 4. The summed E-state index contributed by atoms with van der Waals surface area (Å²) in [4.78, 5) is 12.5. The normalized spacial score (nSPS) is 13.6. The summed E-state index contributed by atoms with van der Waals surface area (Å²) < 4.78 is 0. The first kappa shape index (κ1) is 54.8. The van der Waals surface area contributed by atoms with E-state index in [1.165, 1.54) is 205 Å². The summed E-state index contributed by atoms with van der Waals surface area (Å²) in [6, 6.07) is -0.658. The molecule has 3 atom stereocenters. The zero-order chi connectivity index (χ0) is 40.8. The number of amides is 1. The van der Waals surface area contributed by atoms with Crippen molar-refractivity contribution in [3.63, 3.8) is 0 Å². The van der Waals surface area contributed by atoms with E-state index in [4.69, 9.17) is 0 Å². The van der Waals surface area contributed by atoms with Gasteiger partial charge in [0.15, 0.2) is 0 Å². The molecular formula is C51H99NO4. The summed E-state index contributed by atoms with van der Waals surface area (Å²) in [6.45, 7) is 4.28. The predicted octanol–water partition coefficient (Wildman–Crippen LogP) is 14.9. The van der Waals surface area contributed by atoms with Crippen LogP contribution in [0.3, 0.4) is 0 Å². The van der Waals surface area contributed by atoms with Gasteiger partial charge in [0.1, 0.15) is 0 Å². The van der Waals surface area contributed by atoms with Gasteiger partial charge in [-0.1, -0.05) is 244 Å². The topological polar surface area (TPSA) is 89.8 Å². The summed E-state index contributed by atoms with van der Waals surface area (Å²) in [7, 11) is 0. The van der Waals surface area contributed by atoms with Gasteiger partial charge in [-0.2, -0.15) is 0 Å². The molecule has 0 saturated heterocycles. The maximum Gasteiger partial charge on any atom is 0.222 e. The van der Waals surface area contributed by atoms with Gasteiger partial charge in [0.05, 0.1) is 31.3 Å². The van der Waals surface area contributed by atoms with Gasteiger partial charge < -0.3 is 20.6 Å². The van der Waals surface area contributed by atoms with Crippen LogP contribution in [0.5, 0.6) is 0 Å². The average molecular weight is 790 g/mol. The third-order valence-electron chi connectivity index (χ3n) is 11.8. The van der Waals surface area contributed by atoms with E-state index in [0.717, 1.165) is 32.1 Å². The van der Waals surface area contributed by atoms with Gasteiger partial charge in [-0.25, -0.2) is 0 Å². The third-order valence-corrected chi connectivity index (χ3v) is 11.8. The Bertz CT molecular complexity index is 829. The van der Waals surface area contributed by atoms with Crippen LogP contribution in [-0.2, 0) is 4.79 Å². The molecule has 0 rings (SSSR count). The maximum atomic E-state index is 12.5. The number of carbonyl (C=O) groups is 1. The summed E-state index contributed by atoms with van der Waals surface area (Å²) in [5.74, 6) is -0.283. The Morgan fingerprint density at radius 1 is 0.446 bits per heavy atom. The number of rotatable bonds is 46. The van der Waals surface area contributed by atoms with Crippen LogP contribution in [0.4, 0.5) is 0 Å². The van der Waals surface area contributed by atoms with Gasteiger partial charge in [0, 0.05) is 0 Å². The lowest BCUT2D eigenvalue weighted by molar-refractivity contribution is -0.125. The highest BCUT2D eigenvalue weighted by molar-refractivity contribution is 5.76. The number of nitrogens with one attached hydrogen (secondary N) is 1.